The summed E-state index contributed by atoms with van der Waals surface area (Å²) in [6.45, 7) is 9.63. The van der Waals surface area contributed by atoms with E-state index in [0.29, 0.717) is 29.8 Å². The van der Waals surface area contributed by atoms with Crippen LogP contribution in [0.2, 0.25) is 5.02 Å². The lowest BCUT2D eigenvalue weighted by Crippen LogP contribution is -2.98. The minimum absolute atomic E-state index is 0.000464. The van der Waals surface area contributed by atoms with Crippen molar-refractivity contribution >= 4 is 29.1 Å². The van der Waals surface area contributed by atoms with Crippen LogP contribution in [0, 0.1) is 50.7 Å². The van der Waals surface area contributed by atoms with Crippen LogP contribution in [0.25, 0.3) is 0 Å². The van der Waals surface area contributed by atoms with Crippen LogP contribution in [-0.2, 0) is 19.1 Å². The van der Waals surface area contributed by atoms with Crippen molar-refractivity contribution < 1.29 is 34.1 Å². The Morgan fingerprint density at radius 1 is 1.05 bits per heavy atom. The average molecular weight is 557 g/mol. The zero-order valence-electron chi connectivity index (χ0n) is 23.1. The summed E-state index contributed by atoms with van der Waals surface area (Å²) in [6.07, 6.45) is 0.827. The number of rotatable bonds is 3. The number of benzene rings is 1. The Balaban J connectivity index is 1.43. The summed E-state index contributed by atoms with van der Waals surface area (Å²) in [7, 11) is 0. The standard InChI is InChI=1S/C31H37ClO7/c1-15(33)39-20-12-13-26(2,3)22-24(35)31(37)29-19(28(20,22)14-38-31)11-10-18-21(29)30(25(29)36,27(18,4)5)23(34)16-6-8-17(32)9-7-16/h6-9,18-22,24,35,37H,10-14H2,1-5H3. The van der Waals surface area contributed by atoms with Crippen molar-refractivity contribution in [2.75, 3.05) is 6.61 Å². The molecule has 5 saturated carbocycles. The van der Waals surface area contributed by atoms with Crippen molar-refractivity contribution in [3.63, 3.8) is 0 Å². The number of Topliss-reactive ketones (excluding diaryl/α,β-unsaturated/α-hetero) is 2. The Morgan fingerprint density at radius 2 is 1.72 bits per heavy atom. The summed E-state index contributed by atoms with van der Waals surface area (Å²) in [5.41, 5.74) is -4.20. The third-order valence-electron chi connectivity index (χ3n) is 12.7. The SMILES string of the molecule is CC(=O)OC1CCC(C)(C)C2C(O)C3(O)OCC12C1CCC2C4C(C(=O)c5ccc(Cl)cc5)(C(=O)C143)C2(C)C. The van der Waals surface area contributed by atoms with Gasteiger partial charge < -0.3 is 19.7 Å². The average Bonchev–Trinajstić information content (AvgIpc) is 2.86. The second-order valence-corrected chi connectivity index (χ2v) is 14.9. The number of hydrogen-bond acceptors (Lipinski definition) is 7. The maximum absolute atomic E-state index is 15.0. The van der Waals surface area contributed by atoms with Crippen molar-refractivity contribution in [2.24, 2.45) is 50.7 Å². The summed E-state index contributed by atoms with van der Waals surface area (Å²) in [5.74, 6) is -4.39. The summed E-state index contributed by atoms with van der Waals surface area (Å²) in [6, 6.07) is 6.61. The number of halogens is 1. The van der Waals surface area contributed by atoms with Gasteiger partial charge in [-0.15, -0.1) is 0 Å². The molecular weight excluding hydrogens is 520 g/mol. The molecule has 2 N–H and O–H groups in total. The van der Waals surface area contributed by atoms with Crippen LogP contribution in [0.4, 0.5) is 0 Å². The molecule has 2 aliphatic heterocycles. The van der Waals surface area contributed by atoms with Gasteiger partial charge in [-0.2, -0.15) is 0 Å². The minimum atomic E-state index is -2.11. The van der Waals surface area contributed by atoms with E-state index in [1.54, 1.807) is 24.3 Å². The maximum Gasteiger partial charge on any atom is 0.302 e. The van der Waals surface area contributed by atoms with Gasteiger partial charge >= 0.3 is 5.97 Å². The van der Waals surface area contributed by atoms with E-state index in [9.17, 15) is 19.8 Å². The fraction of sp³-hybridized carbons (Fsp3) is 0.710. The van der Waals surface area contributed by atoms with Gasteiger partial charge in [0.05, 0.1) is 12.0 Å². The number of ether oxygens (including phenoxy) is 2. The number of fused-ring (bicyclic) bond motifs is 1. The van der Waals surface area contributed by atoms with Crippen molar-refractivity contribution in [3.8, 4) is 0 Å². The molecule has 2 bridgehead atoms. The number of carbonyl (C=O) groups excluding carboxylic acids is 3. The fourth-order valence-corrected chi connectivity index (χ4v) is 11.7. The van der Waals surface area contributed by atoms with Crippen molar-refractivity contribution in [2.45, 2.75) is 78.3 Å². The van der Waals surface area contributed by atoms with E-state index in [1.165, 1.54) is 6.92 Å². The predicted octanol–water partition coefficient (Wildman–Crippen LogP) is 4.21. The highest BCUT2D eigenvalue weighted by Gasteiger charge is 2.99. The van der Waals surface area contributed by atoms with E-state index in [1.807, 2.05) is 13.8 Å². The van der Waals surface area contributed by atoms with Crippen molar-refractivity contribution in [1.82, 2.24) is 0 Å². The van der Waals surface area contributed by atoms with Crippen LogP contribution in [0.1, 0.15) is 70.7 Å². The Labute approximate surface area is 233 Å². The number of aliphatic hydroxyl groups is 2. The van der Waals surface area contributed by atoms with Gasteiger partial charge in [0.25, 0.3) is 0 Å². The molecule has 7 aliphatic rings. The van der Waals surface area contributed by atoms with Crippen molar-refractivity contribution in [1.29, 1.82) is 0 Å². The summed E-state index contributed by atoms with van der Waals surface area (Å²) >= 11 is 6.10. The Hall–Kier alpha value is -1.80. The van der Waals surface area contributed by atoms with Gasteiger partial charge in [-0.25, -0.2) is 0 Å². The molecule has 2 heterocycles. The van der Waals surface area contributed by atoms with Gasteiger partial charge in [-0.05, 0) is 72.6 Å². The van der Waals surface area contributed by atoms with Crippen LogP contribution in [0.5, 0.6) is 0 Å². The third kappa shape index (κ3) is 2.42. The zero-order valence-corrected chi connectivity index (χ0v) is 23.9. The number of hydrogen-bond donors (Lipinski definition) is 2. The molecule has 0 radical (unpaired) electrons. The molecule has 1 aromatic rings. The highest BCUT2D eigenvalue weighted by atomic mass is 35.5. The highest BCUT2D eigenvalue weighted by molar-refractivity contribution is 6.31. The Morgan fingerprint density at radius 3 is 2.36 bits per heavy atom. The van der Waals surface area contributed by atoms with Crippen molar-refractivity contribution in [3.05, 3.63) is 34.9 Å². The molecule has 210 valence electrons. The van der Waals surface area contributed by atoms with E-state index in [4.69, 9.17) is 21.1 Å². The number of aliphatic hydroxyl groups excluding tert-OH is 1. The Kier molecular flexibility index (Phi) is 4.91. The summed E-state index contributed by atoms with van der Waals surface area (Å²) in [4.78, 5) is 41.6. The molecule has 1 aromatic carbocycles. The summed E-state index contributed by atoms with van der Waals surface area (Å²) < 4.78 is 12.2. The fourth-order valence-electron chi connectivity index (χ4n) is 11.5. The predicted molar refractivity (Wildman–Crippen MR) is 141 cm³/mol. The first kappa shape index (κ1) is 26.1. The molecule has 5 aliphatic carbocycles. The van der Waals surface area contributed by atoms with Gasteiger partial charge in [0, 0.05) is 34.8 Å². The molecule has 0 aromatic heterocycles. The van der Waals surface area contributed by atoms with Gasteiger partial charge in [0.1, 0.15) is 17.6 Å². The first-order valence-electron chi connectivity index (χ1n) is 14.2. The van der Waals surface area contributed by atoms with E-state index < -0.39 is 57.5 Å². The van der Waals surface area contributed by atoms with Gasteiger partial charge in [-0.1, -0.05) is 39.3 Å². The monoisotopic (exact) mass is 556 g/mol. The molecule has 8 heteroatoms. The molecular formula is C31H37ClO7. The van der Waals surface area contributed by atoms with E-state index in [0.717, 1.165) is 6.42 Å². The minimum Gasteiger partial charge on any atom is -0.462 e. The third-order valence-corrected chi connectivity index (χ3v) is 12.9. The largest absolute Gasteiger partial charge is 0.462 e. The topological polar surface area (TPSA) is 110 Å². The van der Waals surface area contributed by atoms with Gasteiger partial charge in [-0.3, -0.25) is 14.4 Å². The van der Waals surface area contributed by atoms with E-state index in [2.05, 4.69) is 13.8 Å². The van der Waals surface area contributed by atoms with E-state index in [-0.39, 0.29) is 35.4 Å². The Bertz CT molecular complexity index is 1320. The lowest BCUT2D eigenvalue weighted by molar-refractivity contribution is -0.494. The van der Waals surface area contributed by atoms with Gasteiger partial charge in [0.15, 0.2) is 11.6 Å². The molecule has 10 atom stereocenters. The second kappa shape index (κ2) is 7.33. The lowest BCUT2D eigenvalue weighted by Gasteiger charge is -2.88. The number of carbonyl (C=O) groups is 3. The number of ketones is 2. The van der Waals surface area contributed by atoms with Crippen LogP contribution in [0.3, 0.4) is 0 Å². The summed E-state index contributed by atoms with van der Waals surface area (Å²) in [5, 5.41) is 25.0. The molecule has 7 nitrogen and oxygen atoms in total. The molecule has 10 unspecified atom stereocenters. The normalized spacial score (nSPS) is 49.5. The second-order valence-electron chi connectivity index (χ2n) is 14.4. The number of esters is 1. The molecule has 2 spiro atoms. The molecule has 2 saturated heterocycles. The maximum atomic E-state index is 15.0. The molecule has 7 fully saturated rings. The van der Waals surface area contributed by atoms with Crippen LogP contribution in [0.15, 0.2) is 24.3 Å². The van der Waals surface area contributed by atoms with Gasteiger partial charge in [0.2, 0.25) is 5.79 Å². The first-order valence-corrected chi connectivity index (χ1v) is 14.6. The van der Waals surface area contributed by atoms with Crippen LogP contribution < -0.4 is 0 Å². The molecule has 39 heavy (non-hydrogen) atoms. The molecule has 0 amide bonds. The van der Waals surface area contributed by atoms with Crippen LogP contribution >= 0.6 is 11.6 Å². The zero-order chi connectivity index (χ0) is 28.1. The quantitative estimate of drug-likeness (QED) is 0.326. The highest BCUT2D eigenvalue weighted by Crippen LogP contribution is 2.90. The van der Waals surface area contributed by atoms with E-state index >= 15 is 4.79 Å². The molecule has 8 rings (SSSR count). The van der Waals surface area contributed by atoms with Crippen LogP contribution in [-0.4, -0.2) is 52.4 Å². The first-order chi connectivity index (χ1) is 18.2. The smallest absolute Gasteiger partial charge is 0.302 e. The lowest BCUT2D eigenvalue weighted by atomic mass is 9.14.